The Hall–Kier alpha value is -0.810. The molecule has 88 valence electrons. The van der Waals surface area contributed by atoms with Gasteiger partial charge in [0, 0.05) is 43.4 Å². The summed E-state index contributed by atoms with van der Waals surface area (Å²) in [5.41, 5.74) is 0.737. The van der Waals surface area contributed by atoms with Crippen LogP contribution in [-0.2, 0) is 7.05 Å². The lowest BCUT2D eigenvalue weighted by molar-refractivity contribution is 0.0699. The molecule has 1 aliphatic heterocycles. The van der Waals surface area contributed by atoms with E-state index in [2.05, 4.69) is 28.2 Å². The van der Waals surface area contributed by atoms with E-state index in [0.29, 0.717) is 6.04 Å². The minimum atomic E-state index is 0.113. The van der Waals surface area contributed by atoms with E-state index in [0.717, 1.165) is 29.8 Å². The second kappa shape index (κ2) is 4.59. The molecule has 0 radical (unpaired) electrons. The van der Waals surface area contributed by atoms with Crippen LogP contribution in [0.2, 0.25) is 0 Å². The molecule has 1 N–H and O–H groups in total. The van der Waals surface area contributed by atoms with Gasteiger partial charge in [0.1, 0.15) is 5.69 Å². The van der Waals surface area contributed by atoms with Crippen molar-refractivity contribution in [3.05, 3.63) is 22.4 Å². The summed E-state index contributed by atoms with van der Waals surface area (Å²) in [6.45, 7) is 4.53. The Balaban J connectivity index is 2.15. The standard InChI is InChI=1S/C11H16BrN3O/c1-8-6-15(4-3-13-8)11(16)10-5-9(12)7-14(10)2/h5,7-8,13H,3-4,6H2,1-2H3/t8-/m0/s1. The molecule has 4 nitrogen and oxygen atoms in total. The molecule has 1 fully saturated rings. The highest BCUT2D eigenvalue weighted by atomic mass is 79.9. The molecule has 0 saturated carbocycles. The summed E-state index contributed by atoms with van der Waals surface area (Å²) < 4.78 is 2.81. The molecule has 0 aliphatic carbocycles. The summed E-state index contributed by atoms with van der Waals surface area (Å²) in [5, 5.41) is 3.33. The lowest BCUT2D eigenvalue weighted by atomic mass is 10.2. The lowest BCUT2D eigenvalue weighted by Gasteiger charge is -2.31. The van der Waals surface area contributed by atoms with Gasteiger partial charge in [0.05, 0.1) is 0 Å². The van der Waals surface area contributed by atoms with E-state index < -0.39 is 0 Å². The van der Waals surface area contributed by atoms with Crippen LogP contribution in [0.25, 0.3) is 0 Å². The first-order chi connectivity index (χ1) is 7.58. The maximum Gasteiger partial charge on any atom is 0.270 e. The number of rotatable bonds is 1. The first kappa shape index (κ1) is 11.7. The third kappa shape index (κ3) is 2.30. The molecule has 2 rings (SSSR count). The molecule has 0 spiro atoms. The van der Waals surface area contributed by atoms with Gasteiger partial charge in [-0.25, -0.2) is 0 Å². The summed E-state index contributed by atoms with van der Waals surface area (Å²) in [5.74, 6) is 0.113. The Morgan fingerprint density at radius 3 is 2.94 bits per heavy atom. The highest BCUT2D eigenvalue weighted by Crippen LogP contribution is 2.16. The molecule has 0 unspecified atom stereocenters. The number of nitrogens with zero attached hydrogens (tertiary/aromatic N) is 2. The number of amides is 1. The Morgan fingerprint density at radius 1 is 1.62 bits per heavy atom. The predicted octanol–water partition coefficient (Wildman–Crippen LogP) is 1.22. The van der Waals surface area contributed by atoms with Crippen LogP contribution in [-0.4, -0.2) is 41.1 Å². The Labute approximate surface area is 104 Å². The summed E-state index contributed by atoms with van der Waals surface area (Å²) in [7, 11) is 1.89. The van der Waals surface area contributed by atoms with Gasteiger partial charge >= 0.3 is 0 Å². The van der Waals surface area contributed by atoms with Gasteiger partial charge in [-0.3, -0.25) is 4.79 Å². The third-order valence-corrected chi connectivity index (χ3v) is 3.28. The van der Waals surface area contributed by atoms with Gasteiger partial charge in [0.15, 0.2) is 0 Å². The van der Waals surface area contributed by atoms with E-state index in [1.807, 2.05) is 28.8 Å². The van der Waals surface area contributed by atoms with E-state index in [4.69, 9.17) is 0 Å². The van der Waals surface area contributed by atoms with Crippen molar-refractivity contribution < 1.29 is 4.79 Å². The Bertz CT molecular complexity index is 402. The SMILES string of the molecule is C[C@H]1CN(C(=O)c2cc(Br)cn2C)CCN1. The molecule has 0 aromatic carbocycles. The van der Waals surface area contributed by atoms with Crippen LogP contribution in [0.15, 0.2) is 16.7 Å². The third-order valence-electron chi connectivity index (χ3n) is 2.85. The lowest BCUT2D eigenvalue weighted by Crippen LogP contribution is -2.51. The molecule has 5 heteroatoms. The maximum atomic E-state index is 12.2. The number of halogens is 1. The van der Waals surface area contributed by atoms with Crippen molar-refractivity contribution in [1.82, 2.24) is 14.8 Å². The van der Waals surface area contributed by atoms with Crippen LogP contribution in [0.1, 0.15) is 17.4 Å². The van der Waals surface area contributed by atoms with Crippen LogP contribution in [0.4, 0.5) is 0 Å². The van der Waals surface area contributed by atoms with Crippen molar-refractivity contribution in [2.45, 2.75) is 13.0 Å². The Morgan fingerprint density at radius 2 is 2.38 bits per heavy atom. The monoisotopic (exact) mass is 285 g/mol. The molecule has 1 aliphatic rings. The second-order valence-electron chi connectivity index (χ2n) is 4.26. The average Bonchev–Trinajstić information content (AvgIpc) is 2.57. The van der Waals surface area contributed by atoms with E-state index >= 15 is 0 Å². The van der Waals surface area contributed by atoms with E-state index in [1.54, 1.807) is 0 Å². The summed E-state index contributed by atoms with van der Waals surface area (Å²) in [4.78, 5) is 14.1. The van der Waals surface area contributed by atoms with E-state index in [9.17, 15) is 4.79 Å². The van der Waals surface area contributed by atoms with Crippen LogP contribution < -0.4 is 5.32 Å². The van der Waals surface area contributed by atoms with Gasteiger partial charge in [-0.15, -0.1) is 0 Å². The minimum Gasteiger partial charge on any atom is -0.345 e. The van der Waals surface area contributed by atoms with Gasteiger partial charge in [-0.1, -0.05) is 0 Å². The number of aromatic nitrogens is 1. The fourth-order valence-electron chi connectivity index (χ4n) is 2.02. The number of hydrogen-bond donors (Lipinski definition) is 1. The first-order valence-electron chi connectivity index (χ1n) is 5.42. The second-order valence-corrected chi connectivity index (χ2v) is 5.18. The number of nitrogens with one attached hydrogen (secondary N) is 1. The summed E-state index contributed by atoms with van der Waals surface area (Å²) in [6, 6.07) is 2.25. The predicted molar refractivity (Wildman–Crippen MR) is 66.5 cm³/mol. The molecule has 0 bridgehead atoms. The number of carbonyl (C=O) groups excluding carboxylic acids is 1. The van der Waals surface area contributed by atoms with Crippen LogP contribution in [0, 0.1) is 0 Å². The molecule has 2 heterocycles. The van der Waals surface area contributed by atoms with Crippen molar-refractivity contribution in [2.24, 2.45) is 7.05 Å². The van der Waals surface area contributed by atoms with E-state index in [-0.39, 0.29) is 5.91 Å². The zero-order valence-electron chi connectivity index (χ0n) is 9.53. The molecule has 1 saturated heterocycles. The Kier molecular flexibility index (Phi) is 3.35. The average molecular weight is 286 g/mol. The van der Waals surface area contributed by atoms with Gasteiger partial charge < -0.3 is 14.8 Å². The molecule has 1 amide bonds. The van der Waals surface area contributed by atoms with Crippen molar-refractivity contribution in [1.29, 1.82) is 0 Å². The van der Waals surface area contributed by atoms with Crippen LogP contribution in [0.5, 0.6) is 0 Å². The van der Waals surface area contributed by atoms with Gasteiger partial charge in [0.25, 0.3) is 5.91 Å². The van der Waals surface area contributed by atoms with Crippen LogP contribution in [0.3, 0.4) is 0 Å². The first-order valence-corrected chi connectivity index (χ1v) is 6.22. The zero-order chi connectivity index (χ0) is 11.7. The minimum absolute atomic E-state index is 0.113. The molecular weight excluding hydrogens is 270 g/mol. The van der Waals surface area contributed by atoms with Crippen molar-refractivity contribution >= 4 is 21.8 Å². The maximum absolute atomic E-state index is 12.2. The van der Waals surface area contributed by atoms with Crippen molar-refractivity contribution in [3.8, 4) is 0 Å². The highest BCUT2D eigenvalue weighted by Gasteiger charge is 2.23. The summed E-state index contributed by atoms with van der Waals surface area (Å²) in [6.07, 6.45) is 1.90. The van der Waals surface area contributed by atoms with Gasteiger partial charge in [-0.2, -0.15) is 0 Å². The smallest absolute Gasteiger partial charge is 0.270 e. The molecule has 16 heavy (non-hydrogen) atoms. The van der Waals surface area contributed by atoms with Crippen LogP contribution >= 0.6 is 15.9 Å². The van der Waals surface area contributed by atoms with E-state index in [1.165, 1.54) is 0 Å². The van der Waals surface area contributed by atoms with Crippen molar-refractivity contribution in [2.75, 3.05) is 19.6 Å². The number of carbonyl (C=O) groups is 1. The largest absolute Gasteiger partial charge is 0.345 e. The molecular formula is C11H16BrN3O. The molecule has 1 aromatic heterocycles. The van der Waals surface area contributed by atoms with Crippen molar-refractivity contribution in [3.63, 3.8) is 0 Å². The van der Waals surface area contributed by atoms with Gasteiger partial charge in [0.2, 0.25) is 0 Å². The summed E-state index contributed by atoms with van der Waals surface area (Å²) >= 11 is 3.38. The fraction of sp³-hybridized carbons (Fsp3) is 0.545. The highest BCUT2D eigenvalue weighted by molar-refractivity contribution is 9.10. The normalized spacial score (nSPS) is 21.2. The topological polar surface area (TPSA) is 37.3 Å². The van der Waals surface area contributed by atoms with Gasteiger partial charge in [-0.05, 0) is 28.9 Å². The molecule has 1 aromatic rings. The quantitative estimate of drug-likeness (QED) is 0.843. The number of aryl methyl sites for hydroxylation is 1. The number of piperazine rings is 1. The number of hydrogen-bond acceptors (Lipinski definition) is 2. The molecule has 1 atom stereocenters. The fourth-order valence-corrected chi connectivity index (χ4v) is 2.54. The zero-order valence-corrected chi connectivity index (χ0v) is 11.1.